The van der Waals surface area contributed by atoms with Crippen LogP contribution in [0.5, 0.6) is 11.5 Å². The largest absolute Gasteiger partial charge is 0.497 e. The Morgan fingerprint density at radius 2 is 1.34 bits per heavy atom. The monoisotopic (exact) mass is 473 g/mol. The molecule has 0 bridgehead atoms. The Hall–Kier alpha value is -3.93. The van der Waals surface area contributed by atoms with Crippen molar-refractivity contribution in [1.29, 1.82) is 0 Å². The number of unbranched alkanes of at least 4 members (excludes halogenated alkanes) is 4. The lowest BCUT2D eigenvalue weighted by atomic mass is 10.2. The van der Waals surface area contributed by atoms with E-state index in [1.54, 1.807) is 74.0 Å². The molecule has 0 radical (unpaired) electrons. The highest BCUT2D eigenvalue weighted by Crippen LogP contribution is 2.18. The van der Waals surface area contributed by atoms with Gasteiger partial charge >= 0.3 is 11.9 Å². The molecule has 0 aromatic heterocycles. The Bertz CT molecular complexity index is 1100. The maximum absolute atomic E-state index is 12.3. The molecule has 6 heteroatoms. The van der Waals surface area contributed by atoms with Gasteiger partial charge in [-0.1, -0.05) is 32.6 Å². The van der Waals surface area contributed by atoms with Crippen LogP contribution in [0.15, 0.2) is 77.8 Å². The van der Waals surface area contributed by atoms with Crippen molar-refractivity contribution in [2.75, 3.05) is 13.7 Å². The zero-order valence-corrected chi connectivity index (χ0v) is 20.2. The molecule has 0 aliphatic rings. The first-order valence-electron chi connectivity index (χ1n) is 11.9. The van der Waals surface area contributed by atoms with Crippen molar-refractivity contribution in [2.24, 2.45) is 4.99 Å². The second-order valence-electron chi connectivity index (χ2n) is 8.04. The van der Waals surface area contributed by atoms with Gasteiger partial charge in [0.05, 0.1) is 30.5 Å². The first-order chi connectivity index (χ1) is 17.1. The summed E-state index contributed by atoms with van der Waals surface area (Å²) < 4.78 is 15.8. The molecule has 3 aromatic carbocycles. The van der Waals surface area contributed by atoms with Crippen LogP contribution >= 0.6 is 0 Å². The smallest absolute Gasteiger partial charge is 0.343 e. The molecule has 0 fully saturated rings. The van der Waals surface area contributed by atoms with E-state index in [0.717, 1.165) is 24.1 Å². The van der Waals surface area contributed by atoms with Crippen molar-refractivity contribution in [3.63, 3.8) is 0 Å². The van der Waals surface area contributed by atoms with E-state index >= 15 is 0 Å². The summed E-state index contributed by atoms with van der Waals surface area (Å²) in [5.41, 5.74) is 2.52. The van der Waals surface area contributed by atoms with Crippen molar-refractivity contribution < 1.29 is 23.8 Å². The minimum atomic E-state index is -0.441. The standard InChI is InChI=1S/C29H31NO5/c1-3-4-5-6-7-20-34-28(31)23-10-14-25(15-11-23)30-21-22-8-16-27(17-9-22)35-29(32)24-12-18-26(33-2)19-13-24/h8-19,21H,3-7,20H2,1-2H3. The van der Waals surface area contributed by atoms with E-state index in [0.29, 0.717) is 29.2 Å². The lowest BCUT2D eigenvalue weighted by Gasteiger charge is -2.06. The van der Waals surface area contributed by atoms with Gasteiger partial charge in [0.2, 0.25) is 0 Å². The molecule has 0 saturated carbocycles. The van der Waals surface area contributed by atoms with E-state index in [4.69, 9.17) is 14.2 Å². The lowest BCUT2D eigenvalue weighted by Crippen LogP contribution is -2.08. The summed E-state index contributed by atoms with van der Waals surface area (Å²) in [5, 5.41) is 0. The van der Waals surface area contributed by atoms with Crippen LogP contribution in [0.1, 0.15) is 65.3 Å². The minimum absolute atomic E-state index is 0.309. The molecule has 0 amide bonds. The second kappa shape index (κ2) is 13.7. The third-order valence-corrected chi connectivity index (χ3v) is 5.36. The van der Waals surface area contributed by atoms with Crippen LogP contribution in [0.25, 0.3) is 0 Å². The quantitative estimate of drug-likeness (QED) is 0.125. The third kappa shape index (κ3) is 8.41. The highest BCUT2D eigenvalue weighted by atomic mass is 16.5. The van der Waals surface area contributed by atoms with E-state index in [1.807, 2.05) is 12.1 Å². The molecule has 182 valence electrons. The van der Waals surface area contributed by atoms with Crippen molar-refractivity contribution >= 4 is 23.8 Å². The number of rotatable bonds is 12. The van der Waals surface area contributed by atoms with Crippen LogP contribution in [-0.2, 0) is 4.74 Å². The van der Waals surface area contributed by atoms with Gasteiger partial charge in [-0.15, -0.1) is 0 Å². The van der Waals surface area contributed by atoms with E-state index < -0.39 is 5.97 Å². The van der Waals surface area contributed by atoms with Crippen LogP contribution in [0, 0.1) is 0 Å². The molecule has 0 spiro atoms. The summed E-state index contributed by atoms with van der Waals surface area (Å²) >= 11 is 0. The predicted octanol–water partition coefficient (Wildman–Crippen LogP) is 6.79. The minimum Gasteiger partial charge on any atom is -0.497 e. The molecular weight excluding hydrogens is 442 g/mol. The van der Waals surface area contributed by atoms with E-state index in [2.05, 4.69) is 11.9 Å². The number of esters is 2. The number of hydrogen-bond acceptors (Lipinski definition) is 6. The van der Waals surface area contributed by atoms with Gasteiger partial charge in [0, 0.05) is 6.21 Å². The Morgan fingerprint density at radius 1 is 0.743 bits per heavy atom. The summed E-state index contributed by atoms with van der Waals surface area (Å²) in [6.07, 6.45) is 7.28. The summed E-state index contributed by atoms with van der Waals surface area (Å²) in [5.74, 6) is 0.365. The van der Waals surface area contributed by atoms with Crippen molar-refractivity contribution in [3.8, 4) is 11.5 Å². The fourth-order valence-electron chi connectivity index (χ4n) is 3.30. The number of carbonyl (C=O) groups excluding carboxylic acids is 2. The first kappa shape index (κ1) is 25.7. The Kier molecular flexibility index (Phi) is 10.1. The van der Waals surface area contributed by atoms with Gasteiger partial charge in [-0.2, -0.15) is 0 Å². The number of benzene rings is 3. The Balaban J connectivity index is 1.47. The van der Waals surface area contributed by atoms with Crippen molar-refractivity contribution in [1.82, 2.24) is 0 Å². The number of nitrogens with zero attached hydrogens (tertiary/aromatic N) is 1. The normalized spacial score (nSPS) is 10.8. The molecule has 0 N–H and O–H groups in total. The number of hydrogen-bond donors (Lipinski definition) is 0. The second-order valence-corrected chi connectivity index (χ2v) is 8.04. The van der Waals surface area contributed by atoms with E-state index in [9.17, 15) is 9.59 Å². The topological polar surface area (TPSA) is 74.2 Å². The highest BCUT2D eigenvalue weighted by Gasteiger charge is 2.09. The van der Waals surface area contributed by atoms with Crippen LogP contribution in [-0.4, -0.2) is 31.9 Å². The fraction of sp³-hybridized carbons (Fsp3) is 0.276. The molecule has 3 aromatic rings. The molecule has 0 saturated heterocycles. The van der Waals surface area contributed by atoms with Gasteiger partial charge in [0.15, 0.2) is 0 Å². The van der Waals surface area contributed by atoms with E-state index in [1.165, 1.54) is 19.3 Å². The third-order valence-electron chi connectivity index (χ3n) is 5.36. The summed E-state index contributed by atoms with van der Waals surface area (Å²) in [4.78, 5) is 28.9. The van der Waals surface area contributed by atoms with E-state index in [-0.39, 0.29) is 5.97 Å². The molecule has 0 heterocycles. The molecule has 6 nitrogen and oxygen atoms in total. The van der Waals surface area contributed by atoms with Gasteiger partial charge in [-0.05, 0) is 84.8 Å². The maximum Gasteiger partial charge on any atom is 0.343 e. The molecule has 0 atom stereocenters. The fourth-order valence-corrected chi connectivity index (χ4v) is 3.30. The van der Waals surface area contributed by atoms with Gasteiger partial charge < -0.3 is 14.2 Å². The molecule has 3 rings (SSSR count). The van der Waals surface area contributed by atoms with Crippen molar-refractivity contribution in [2.45, 2.75) is 39.0 Å². The van der Waals surface area contributed by atoms with Gasteiger partial charge in [-0.3, -0.25) is 4.99 Å². The average Bonchev–Trinajstić information content (AvgIpc) is 2.90. The molecule has 0 unspecified atom stereocenters. The predicted molar refractivity (Wildman–Crippen MR) is 137 cm³/mol. The van der Waals surface area contributed by atoms with Crippen LogP contribution in [0.4, 0.5) is 5.69 Å². The summed E-state index contributed by atoms with van der Waals surface area (Å²) in [6.45, 7) is 2.63. The number of aliphatic imine (C=N–C) groups is 1. The van der Waals surface area contributed by atoms with Crippen LogP contribution < -0.4 is 9.47 Å². The number of carbonyl (C=O) groups is 2. The van der Waals surface area contributed by atoms with Crippen LogP contribution in [0.3, 0.4) is 0 Å². The summed E-state index contributed by atoms with van der Waals surface area (Å²) in [6, 6.07) is 20.8. The zero-order valence-electron chi connectivity index (χ0n) is 20.2. The van der Waals surface area contributed by atoms with Crippen molar-refractivity contribution in [3.05, 3.63) is 89.5 Å². The average molecular weight is 474 g/mol. The maximum atomic E-state index is 12.3. The Labute approximate surface area is 206 Å². The van der Waals surface area contributed by atoms with Gasteiger partial charge in [0.25, 0.3) is 0 Å². The summed E-state index contributed by atoms with van der Waals surface area (Å²) in [7, 11) is 1.57. The molecule has 0 aliphatic heterocycles. The van der Waals surface area contributed by atoms with Gasteiger partial charge in [-0.25, -0.2) is 9.59 Å². The van der Waals surface area contributed by atoms with Gasteiger partial charge in [0.1, 0.15) is 11.5 Å². The molecular formula is C29H31NO5. The number of ether oxygens (including phenoxy) is 3. The van der Waals surface area contributed by atoms with Crippen LogP contribution in [0.2, 0.25) is 0 Å². The lowest BCUT2D eigenvalue weighted by molar-refractivity contribution is 0.0497. The molecule has 35 heavy (non-hydrogen) atoms. The number of methoxy groups -OCH3 is 1. The highest BCUT2D eigenvalue weighted by molar-refractivity contribution is 5.91. The SMILES string of the molecule is CCCCCCCOC(=O)c1ccc(N=Cc2ccc(OC(=O)c3ccc(OC)cc3)cc2)cc1. The first-order valence-corrected chi connectivity index (χ1v) is 11.9. The zero-order chi connectivity index (χ0) is 24.9. The Morgan fingerprint density at radius 3 is 2.00 bits per heavy atom. The molecule has 0 aliphatic carbocycles.